The highest BCUT2D eigenvalue weighted by atomic mass is 35.5. The summed E-state index contributed by atoms with van der Waals surface area (Å²) in [6, 6.07) is 4.60. The smallest absolute Gasteiger partial charge is 0.246 e. The maximum atomic E-state index is 12.5. The molecule has 0 saturated carbocycles. The summed E-state index contributed by atoms with van der Waals surface area (Å²) in [5.74, 6) is 0.318. The number of nitrogens with zero attached hydrogens (tertiary/aromatic N) is 1. The first-order valence-corrected chi connectivity index (χ1v) is 7.42. The maximum absolute atomic E-state index is 12.5. The van der Waals surface area contributed by atoms with Crippen molar-refractivity contribution in [3.8, 4) is 5.75 Å². The number of methoxy groups -OCH3 is 1. The standard InChI is InChI=1S/C11H15ClN2O3S/c1-17-10-3-2-9(12)8-11(10)18(15,16)14-6-4-13-5-7-14/h2-3,8,13H,4-7H2,1H3. The highest BCUT2D eigenvalue weighted by Gasteiger charge is 2.28. The van der Waals surface area contributed by atoms with Crippen LogP contribution in [0.15, 0.2) is 23.1 Å². The lowest BCUT2D eigenvalue weighted by molar-refractivity contribution is 0.355. The Hall–Kier alpha value is -0.820. The van der Waals surface area contributed by atoms with Crippen molar-refractivity contribution in [2.75, 3.05) is 33.3 Å². The molecule has 0 aromatic heterocycles. The third-order valence-electron chi connectivity index (χ3n) is 2.82. The Morgan fingerprint density at radius 1 is 1.33 bits per heavy atom. The molecule has 1 saturated heterocycles. The lowest BCUT2D eigenvalue weighted by Gasteiger charge is -2.27. The molecule has 1 aromatic rings. The Kier molecular flexibility index (Phi) is 4.11. The molecule has 0 atom stereocenters. The summed E-state index contributed by atoms with van der Waals surface area (Å²) in [5.41, 5.74) is 0. The second-order valence-corrected chi connectivity index (χ2v) is 6.29. The highest BCUT2D eigenvalue weighted by Crippen LogP contribution is 2.29. The van der Waals surface area contributed by atoms with Gasteiger partial charge in [-0.1, -0.05) is 11.6 Å². The van der Waals surface area contributed by atoms with Gasteiger partial charge in [-0.05, 0) is 18.2 Å². The third kappa shape index (κ3) is 2.61. The van der Waals surface area contributed by atoms with Crippen LogP contribution in [0.2, 0.25) is 5.02 Å². The molecule has 5 nitrogen and oxygen atoms in total. The minimum Gasteiger partial charge on any atom is -0.495 e. The zero-order valence-corrected chi connectivity index (χ0v) is 11.6. The monoisotopic (exact) mass is 290 g/mol. The summed E-state index contributed by atoms with van der Waals surface area (Å²) < 4.78 is 31.5. The van der Waals surface area contributed by atoms with Crippen LogP contribution in [0.1, 0.15) is 0 Å². The van der Waals surface area contributed by atoms with Crippen LogP contribution in [0.5, 0.6) is 5.75 Å². The lowest BCUT2D eigenvalue weighted by atomic mass is 10.3. The molecule has 0 spiro atoms. The van der Waals surface area contributed by atoms with E-state index in [0.29, 0.717) is 37.0 Å². The predicted octanol–water partition coefficient (Wildman–Crippen LogP) is 0.943. The molecule has 100 valence electrons. The molecule has 2 rings (SSSR count). The van der Waals surface area contributed by atoms with Crippen LogP contribution >= 0.6 is 11.6 Å². The second kappa shape index (κ2) is 5.44. The molecule has 1 fully saturated rings. The van der Waals surface area contributed by atoms with Crippen molar-refractivity contribution in [3.63, 3.8) is 0 Å². The fourth-order valence-electron chi connectivity index (χ4n) is 1.88. The van der Waals surface area contributed by atoms with Gasteiger partial charge in [0.05, 0.1) is 7.11 Å². The van der Waals surface area contributed by atoms with Crippen LogP contribution in [0, 0.1) is 0 Å². The molecular formula is C11H15ClN2O3S. The Balaban J connectivity index is 2.42. The van der Waals surface area contributed by atoms with Gasteiger partial charge in [0.15, 0.2) is 0 Å². The number of halogens is 1. The van der Waals surface area contributed by atoms with E-state index >= 15 is 0 Å². The van der Waals surface area contributed by atoms with Crippen LogP contribution < -0.4 is 10.1 Å². The van der Waals surface area contributed by atoms with Gasteiger partial charge in [0.1, 0.15) is 10.6 Å². The van der Waals surface area contributed by atoms with Crippen molar-refractivity contribution in [1.82, 2.24) is 9.62 Å². The van der Waals surface area contributed by atoms with Gasteiger partial charge in [0.2, 0.25) is 10.0 Å². The van der Waals surface area contributed by atoms with Crippen molar-refractivity contribution in [3.05, 3.63) is 23.2 Å². The molecule has 0 amide bonds. The SMILES string of the molecule is COc1ccc(Cl)cc1S(=O)(=O)N1CCNCC1. The maximum Gasteiger partial charge on any atom is 0.246 e. The molecule has 1 aliphatic rings. The van der Waals surface area contributed by atoms with Gasteiger partial charge in [0.25, 0.3) is 0 Å². The minimum atomic E-state index is -3.54. The first kappa shape index (κ1) is 13.6. The van der Waals surface area contributed by atoms with Crippen LogP contribution in [-0.2, 0) is 10.0 Å². The first-order valence-electron chi connectivity index (χ1n) is 5.60. The molecule has 0 aliphatic carbocycles. The number of ether oxygens (including phenoxy) is 1. The van der Waals surface area contributed by atoms with Gasteiger partial charge in [-0.25, -0.2) is 8.42 Å². The molecule has 7 heteroatoms. The van der Waals surface area contributed by atoms with Crippen LogP contribution in [-0.4, -0.2) is 46.0 Å². The largest absolute Gasteiger partial charge is 0.495 e. The van der Waals surface area contributed by atoms with Gasteiger partial charge < -0.3 is 10.1 Å². The van der Waals surface area contributed by atoms with E-state index in [9.17, 15) is 8.42 Å². The van der Waals surface area contributed by atoms with Crippen molar-refractivity contribution in [1.29, 1.82) is 0 Å². The Bertz CT molecular complexity index is 527. The third-order valence-corrected chi connectivity index (χ3v) is 4.97. The molecule has 1 aliphatic heterocycles. The number of hydrogen-bond donors (Lipinski definition) is 1. The van der Waals surface area contributed by atoms with Crippen molar-refractivity contribution < 1.29 is 13.2 Å². The van der Waals surface area contributed by atoms with Gasteiger partial charge in [-0.15, -0.1) is 0 Å². The normalized spacial score (nSPS) is 17.7. The van der Waals surface area contributed by atoms with E-state index < -0.39 is 10.0 Å². The number of sulfonamides is 1. The number of nitrogens with one attached hydrogen (secondary N) is 1. The number of hydrogen-bond acceptors (Lipinski definition) is 4. The fourth-order valence-corrected chi connectivity index (χ4v) is 3.74. The molecule has 18 heavy (non-hydrogen) atoms. The minimum absolute atomic E-state index is 0.124. The highest BCUT2D eigenvalue weighted by molar-refractivity contribution is 7.89. The average Bonchev–Trinajstić information content (AvgIpc) is 2.39. The van der Waals surface area contributed by atoms with E-state index in [1.54, 1.807) is 12.1 Å². The summed E-state index contributed by atoms with van der Waals surface area (Å²) in [6.45, 7) is 2.22. The molecule has 1 N–H and O–H groups in total. The predicted molar refractivity (Wildman–Crippen MR) is 69.6 cm³/mol. The van der Waals surface area contributed by atoms with Gasteiger partial charge >= 0.3 is 0 Å². The van der Waals surface area contributed by atoms with Crippen LogP contribution in [0.3, 0.4) is 0 Å². The molecule has 0 unspecified atom stereocenters. The number of benzene rings is 1. The zero-order chi connectivity index (χ0) is 13.2. The summed E-state index contributed by atoms with van der Waals surface area (Å²) >= 11 is 5.87. The average molecular weight is 291 g/mol. The summed E-state index contributed by atoms with van der Waals surface area (Å²) in [5, 5.41) is 3.49. The van der Waals surface area contributed by atoms with Crippen molar-refractivity contribution in [2.45, 2.75) is 4.90 Å². The zero-order valence-electron chi connectivity index (χ0n) is 10.0. The van der Waals surface area contributed by atoms with Crippen molar-refractivity contribution in [2.24, 2.45) is 0 Å². The molecule has 1 aromatic carbocycles. The molecule has 0 radical (unpaired) electrons. The quantitative estimate of drug-likeness (QED) is 0.900. The summed E-state index contributed by atoms with van der Waals surface area (Å²) in [7, 11) is -2.10. The van der Waals surface area contributed by atoms with Gasteiger partial charge in [-0.2, -0.15) is 4.31 Å². The Morgan fingerprint density at radius 3 is 2.61 bits per heavy atom. The fraction of sp³-hybridized carbons (Fsp3) is 0.455. The van der Waals surface area contributed by atoms with Gasteiger partial charge in [0, 0.05) is 31.2 Å². The summed E-state index contributed by atoms with van der Waals surface area (Å²) in [6.07, 6.45) is 0. The Labute approximate surface area is 112 Å². The van der Waals surface area contributed by atoms with Crippen LogP contribution in [0.25, 0.3) is 0 Å². The van der Waals surface area contributed by atoms with Crippen molar-refractivity contribution >= 4 is 21.6 Å². The number of piperazine rings is 1. The molecule has 0 bridgehead atoms. The second-order valence-electron chi connectivity index (χ2n) is 3.95. The first-order chi connectivity index (χ1) is 8.55. The topological polar surface area (TPSA) is 58.6 Å². The van der Waals surface area contributed by atoms with E-state index in [2.05, 4.69) is 5.32 Å². The summed E-state index contributed by atoms with van der Waals surface area (Å²) in [4.78, 5) is 0.124. The van der Waals surface area contributed by atoms with Crippen LogP contribution in [0.4, 0.5) is 0 Å². The van der Waals surface area contributed by atoms with E-state index in [4.69, 9.17) is 16.3 Å². The lowest BCUT2D eigenvalue weighted by Crippen LogP contribution is -2.46. The van der Waals surface area contributed by atoms with Gasteiger partial charge in [-0.3, -0.25) is 0 Å². The number of rotatable bonds is 3. The van der Waals surface area contributed by atoms with E-state index in [1.165, 1.54) is 17.5 Å². The Morgan fingerprint density at radius 2 is 2.00 bits per heavy atom. The molecule has 1 heterocycles. The molecular weight excluding hydrogens is 276 g/mol. The van der Waals surface area contributed by atoms with E-state index in [1.807, 2.05) is 0 Å². The van der Waals surface area contributed by atoms with E-state index in [0.717, 1.165) is 0 Å². The van der Waals surface area contributed by atoms with E-state index in [-0.39, 0.29) is 4.90 Å².